The lowest BCUT2D eigenvalue weighted by molar-refractivity contribution is 0.0600. The van der Waals surface area contributed by atoms with Gasteiger partial charge in [0.05, 0.1) is 19.8 Å². The van der Waals surface area contributed by atoms with Gasteiger partial charge < -0.3 is 9.47 Å². The number of methoxy groups -OCH3 is 2. The molecule has 88 valence electrons. The summed E-state index contributed by atoms with van der Waals surface area (Å²) in [6, 6.07) is 3.18. The number of carbonyl (C=O) groups is 1. The topological polar surface area (TPSA) is 69.7 Å². The highest BCUT2D eigenvalue weighted by atomic mass is 32.3. The number of ether oxygens (including phenoxy) is 2. The second-order valence-corrected chi connectivity index (χ2v) is 4.11. The number of esters is 1. The minimum Gasteiger partial charge on any atom is -0.495 e. The average molecular weight is 248 g/mol. The van der Waals surface area contributed by atoms with Crippen molar-refractivity contribution in [3.63, 3.8) is 0 Å². The van der Waals surface area contributed by atoms with Crippen molar-refractivity contribution in [1.82, 2.24) is 0 Å². The Kier molecular flexibility index (Phi) is 3.48. The van der Waals surface area contributed by atoms with E-state index in [9.17, 15) is 17.1 Å². The first-order valence-corrected chi connectivity index (χ1v) is 5.49. The van der Waals surface area contributed by atoms with Gasteiger partial charge in [0.25, 0.3) is 0 Å². The normalized spacial score (nSPS) is 10.9. The molecule has 0 spiro atoms. The maximum absolute atomic E-state index is 12.8. The van der Waals surface area contributed by atoms with Gasteiger partial charge in [0.2, 0.25) is 0 Å². The van der Waals surface area contributed by atoms with E-state index in [0.29, 0.717) is 0 Å². The van der Waals surface area contributed by atoms with Crippen LogP contribution in [0.15, 0.2) is 23.1 Å². The van der Waals surface area contributed by atoms with Gasteiger partial charge in [-0.25, -0.2) is 4.79 Å². The van der Waals surface area contributed by atoms with E-state index in [2.05, 4.69) is 9.47 Å². The summed E-state index contributed by atoms with van der Waals surface area (Å²) in [5.41, 5.74) is 0.0757. The van der Waals surface area contributed by atoms with Gasteiger partial charge >= 0.3 is 16.2 Å². The van der Waals surface area contributed by atoms with E-state index in [1.54, 1.807) is 0 Å². The molecule has 7 heteroatoms. The van der Waals surface area contributed by atoms with Crippen LogP contribution in [0.25, 0.3) is 0 Å². The van der Waals surface area contributed by atoms with Crippen molar-refractivity contribution < 1.29 is 26.6 Å². The summed E-state index contributed by atoms with van der Waals surface area (Å²) in [6.07, 6.45) is 0. The van der Waals surface area contributed by atoms with Gasteiger partial charge in [-0.05, 0) is 18.2 Å². The zero-order valence-corrected chi connectivity index (χ0v) is 9.38. The molecule has 16 heavy (non-hydrogen) atoms. The Morgan fingerprint density at radius 1 is 1.31 bits per heavy atom. The SMILES string of the molecule is COC(=O)c1ccc(S(=O)(=O)F)c(OC)c1. The molecule has 0 fully saturated rings. The average Bonchev–Trinajstić information content (AvgIpc) is 2.25. The van der Waals surface area contributed by atoms with E-state index < -0.39 is 21.1 Å². The number of carbonyl (C=O) groups excluding carboxylic acids is 1. The number of benzene rings is 1. The van der Waals surface area contributed by atoms with E-state index in [-0.39, 0.29) is 11.3 Å². The fraction of sp³-hybridized carbons (Fsp3) is 0.222. The molecule has 0 saturated heterocycles. The van der Waals surface area contributed by atoms with Crippen LogP contribution in [-0.2, 0) is 15.0 Å². The third kappa shape index (κ3) is 2.48. The summed E-state index contributed by atoms with van der Waals surface area (Å²) in [5, 5.41) is 0. The zero-order valence-electron chi connectivity index (χ0n) is 8.56. The fourth-order valence-corrected chi connectivity index (χ4v) is 1.73. The van der Waals surface area contributed by atoms with Crippen LogP contribution in [0.5, 0.6) is 5.75 Å². The molecule has 0 atom stereocenters. The van der Waals surface area contributed by atoms with E-state index in [1.807, 2.05) is 0 Å². The van der Waals surface area contributed by atoms with Gasteiger partial charge in [0, 0.05) is 0 Å². The largest absolute Gasteiger partial charge is 0.495 e. The van der Waals surface area contributed by atoms with Crippen LogP contribution < -0.4 is 4.74 Å². The highest BCUT2D eigenvalue weighted by Crippen LogP contribution is 2.26. The monoisotopic (exact) mass is 248 g/mol. The van der Waals surface area contributed by atoms with Crippen LogP contribution in [0.2, 0.25) is 0 Å². The minimum atomic E-state index is -4.87. The molecule has 0 aliphatic heterocycles. The molecule has 0 unspecified atom stereocenters. The van der Waals surface area contributed by atoms with Crippen molar-refractivity contribution in [2.75, 3.05) is 14.2 Å². The Morgan fingerprint density at radius 3 is 2.38 bits per heavy atom. The second-order valence-electron chi connectivity index (χ2n) is 2.80. The van der Waals surface area contributed by atoms with E-state index >= 15 is 0 Å². The summed E-state index contributed by atoms with van der Waals surface area (Å²) in [6.45, 7) is 0. The molecule has 1 aromatic rings. The summed E-state index contributed by atoms with van der Waals surface area (Å²) >= 11 is 0. The predicted octanol–water partition coefficient (Wildman–Crippen LogP) is 1.14. The highest BCUT2D eigenvalue weighted by Gasteiger charge is 2.20. The number of hydrogen-bond donors (Lipinski definition) is 0. The molecule has 5 nitrogen and oxygen atoms in total. The molecule has 0 aromatic heterocycles. The maximum atomic E-state index is 12.8. The predicted molar refractivity (Wildman–Crippen MR) is 52.6 cm³/mol. The molecule has 0 heterocycles. The lowest BCUT2D eigenvalue weighted by atomic mass is 10.2. The standard InChI is InChI=1S/C9H9FO5S/c1-14-7-5-6(9(11)15-2)3-4-8(7)16(10,12)13/h3-5H,1-2H3. The molecule has 0 aliphatic rings. The highest BCUT2D eigenvalue weighted by molar-refractivity contribution is 7.86. The summed E-state index contributed by atoms with van der Waals surface area (Å²) in [5.74, 6) is -0.911. The van der Waals surface area contributed by atoms with Gasteiger partial charge in [-0.1, -0.05) is 0 Å². The van der Waals surface area contributed by atoms with Crippen molar-refractivity contribution in [3.8, 4) is 5.75 Å². The smallest absolute Gasteiger partial charge is 0.337 e. The van der Waals surface area contributed by atoms with Crippen LogP contribution in [0, 0.1) is 0 Å². The van der Waals surface area contributed by atoms with Crippen LogP contribution in [0.1, 0.15) is 10.4 Å². The Morgan fingerprint density at radius 2 is 1.94 bits per heavy atom. The lowest BCUT2D eigenvalue weighted by Gasteiger charge is -2.06. The molecule has 0 amide bonds. The Bertz CT molecular complexity index is 509. The molecule has 0 bridgehead atoms. The third-order valence-corrected chi connectivity index (χ3v) is 2.71. The van der Waals surface area contributed by atoms with Gasteiger partial charge in [0.15, 0.2) is 0 Å². The quantitative estimate of drug-likeness (QED) is 0.592. The molecule has 0 aliphatic carbocycles. The van der Waals surface area contributed by atoms with Crippen LogP contribution in [0.3, 0.4) is 0 Å². The number of rotatable bonds is 3. The minimum absolute atomic E-state index is 0.0757. The second kappa shape index (κ2) is 4.48. The first-order valence-electron chi connectivity index (χ1n) is 4.11. The molecule has 0 saturated carbocycles. The van der Waals surface area contributed by atoms with Crippen molar-refractivity contribution in [2.24, 2.45) is 0 Å². The molecule has 1 rings (SSSR count). The maximum Gasteiger partial charge on any atom is 0.337 e. The van der Waals surface area contributed by atoms with E-state index in [4.69, 9.17) is 0 Å². The van der Waals surface area contributed by atoms with Crippen molar-refractivity contribution in [1.29, 1.82) is 0 Å². The van der Waals surface area contributed by atoms with Gasteiger partial charge in [-0.3, -0.25) is 0 Å². The molecular weight excluding hydrogens is 239 g/mol. The van der Waals surface area contributed by atoms with Crippen LogP contribution in [0.4, 0.5) is 3.89 Å². The molecular formula is C9H9FO5S. The first-order chi connectivity index (χ1) is 7.40. The molecule has 1 aromatic carbocycles. The van der Waals surface area contributed by atoms with Gasteiger partial charge in [-0.15, -0.1) is 3.89 Å². The number of halogens is 1. The lowest BCUT2D eigenvalue weighted by Crippen LogP contribution is -2.04. The van der Waals surface area contributed by atoms with Gasteiger partial charge in [0.1, 0.15) is 10.6 Å². The Hall–Kier alpha value is -1.63. The summed E-state index contributed by atoms with van der Waals surface area (Å²) in [4.78, 5) is 10.5. The first kappa shape index (κ1) is 12.4. The fourth-order valence-electron chi connectivity index (χ4n) is 1.11. The number of hydrogen-bond acceptors (Lipinski definition) is 5. The summed E-state index contributed by atoms with van der Waals surface area (Å²) < 4.78 is 43.3. The third-order valence-electron chi connectivity index (χ3n) is 1.85. The van der Waals surface area contributed by atoms with E-state index in [1.165, 1.54) is 14.2 Å². The van der Waals surface area contributed by atoms with Crippen molar-refractivity contribution in [3.05, 3.63) is 23.8 Å². The van der Waals surface area contributed by atoms with E-state index in [0.717, 1.165) is 18.2 Å². The zero-order chi connectivity index (χ0) is 12.3. The van der Waals surface area contributed by atoms with Gasteiger partial charge in [-0.2, -0.15) is 8.42 Å². The van der Waals surface area contributed by atoms with Crippen molar-refractivity contribution >= 4 is 16.2 Å². The Labute approximate surface area is 92.0 Å². The van der Waals surface area contributed by atoms with Crippen molar-refractivity contribution in [2.45, 2.75) is 4.90 Å². The van der Waals surface area contributed by atoms with Crippen LogP contribution >= 0.6 is 0 Å². The Balaban J connectivity index is 3.33. The molecule has 0 N–H and O–H groups in total. The van der Waals surface area contributed by atoms with Crippen LogP contribution in [-0.4, -0.2) is 28.6 Å². The molecule has 0 radical (unpaired) electrons. The summed E-state index contributed by atoms with van der Waals surface area (Å²) in [7, 11) is -2.52.